The summed E-state index contributed by atoms with van der Waals surface area (Å²) < 4.78 is 0. The highest BCUT2D eigenvalue weighted by molar-refractivity contribution is 5.61. The average Bonchev–Trinajstić information content (AvgIpc) is 2.53. The summed E-state index contributed by atoms with van der Waals surface area (Å²) in [7, 11) is 0. The predicted octanol–water partition coefficient (Wildman–Crippen LogP) is 3.42. The van der Waals surface area contributed by atoms with Crippen LogP contribution in [-0.2, 0) is 19.4 Å². The van der Waals surface area contributed by atoms with E-state index in [1.54, 1.807) is 0 Å². The highest BCUT2D eigenvalue weighted by Gasteiger charge is 2.11. The number of hydrogen-bond acceptors (Lipinski definition) is 2. The molecule has 0 aliphatic heterocycles. The molecule has 3 rings (SSSR count). The molecule has 1 aliphatic carbocycles. The Hall–Kier alpha value is -1.87. The Morgan fingerprint density at radius 2 is 1.86 bits per heavy atom. The quantitative estimate of drug-likeness (QED) is 0.908. The lowest BCUT2D eigenvalue weighted by atomic mass is 9.90. The maximum atomic E-state index is 12.2. The van der Waals surface area contributed by atoms with E-state index in [0.29, 0.717) is 12.6 Å². The first-order chi connectivity index (χ1) is 10.6. The molecule has 0 fully saturated rings. The van der Waals surface area contributed by atoms with Crippen LogP contribution in [0.4, 0.5) is 0 Å². The molecule has 2 N–H and O–H groups in total. The van der Waals surface area contributed by atoms with Gasteiger partial charge in [0.15, 0.2) is 0 Å². The Bertz CT molecular complexity index is 716. The molecule has 22 heavy (non-hydrogen) atoms. The van der Waals surface area contributed by atoms with Crippen LogP contribution in [0.15, 0.2) is 35.1 Å². The van der Waals surface area contributed by atoms with Gasteiger partial charge in [-0.3, -0.25) is 4.79 Å². The lowest BCUT2D eigenvalue weighted by Gasteiger charge is -2.16. The van der Waals surface area contributed by atoms with E-state index in [1.165, 1.54) is 30.4 Å². The molecule has 0 radical (unpaired) electrons. The van der Waals surface area contributed by atoms with Crippen molar-refractivity contribution in [2.24, 2.45) is 0 Å². The number of nitrogens with one attached hydrogen (secondary N) is 2. The Morgan fingerprint density at radius 3 is 2.59 bits per heavy atom. The van der Waals surface area contributed by atoms with Crippen molar-refractivity contribution in [3.05, 3.63) is 57.4 Å². The molecule has 1 aromatic carbocycles. The smallest absolute Gasteiger partial charge is 0.252 e. The van der Waals surface area contributed by atoms with Gasteiger partial charge in [0.1, 0.15) is 0 Å². The van der Waals surface area contributed by atoms with E-state index < -0.39 is 0 Å². The van der Waals surface area contributed by atoms with E-state index in [9.17, 15) is 4.79 Å². The van der Waals surface area contributed by atoms with Crippen LogP contribution >= 0.6 is 0 Å². The Balaban J connectivity index is 1.86. The minimum atomic E-state index is 0.00312. The van der Waals surface area contributed by atoms with E-state index in [-0.39, 0.29) is 5.56 Å². The molecule has 0 unspecified atom stereocenters. The molecule has 3 nitrogen and oxygen atoms in total. The van der Waals surface area contributed by atoms with Crippen molar-refractivity contribution < 1.29 is 0 Å². The SMILES string of the molecule is CC(C)NCc1ccc(-c2ccc3c(c2)CCCC3)[nH]c1=O. The molecule has 0 saturated heterocycles. The van der Waals surface area contributed by atoms with Crippen LogP contribution in [0.25, 0.3) is 11.3 Å². The van der Waals surface area contributed by atoms with Crippen LogP contribution in [0.2, 0.25) is 0 Å². The van der Waals surface area contributed by atoms with E-state index in [1.807, 2.05) is 12.1 Å². The minimum Gasteiger partial charge on any atom is -0.322 e. The molecule has 0 bridgehead atoms. The number of rotatable bonds is 4. The first-order valence-electron chi connectivity index (χ1n) is 8.21. The summed E-state index contributed by atoms with van der Waals surface area (Å²) in [5.41, 5.74) is 5.72. The maximum Gasteiger partial charge on any atom is 0.252 e. The Labute approximate surface area is 131 Å². The summed E-state index contributed by atoms with van der Waals surface area (Å²) in [5, 5.41) is 3.28. The zero-order valence-corrected chi connectivity index (χ0v) is 13.4. The van der Waals surface area contributed by atoms with Gasteiger partial charge in [0.2, 0.25) is 0 Å². The number of benzene rings is 1. The molecule has 2 aromatic rings. The third-order valence-electron chi connectivity index (χ3n) is 4.35. The van der Waals surface area contributed by atoms with Crippen LogP contribution in [0.3, 0.4) is 0 Å². The van der Waals surface area contributed by atoms with Gasteiger partial charge in [-0.25, -0.2) is 0 Å². The lowest BCUT2D eigenvalue weighted by Crippen LogP contribution is -2.26. The molecule has 0 spiro atoms. The first-order valence-corrected chi connectivity index (χ1v) is 8.21. The summed E-state index contributed by atoms with van der Waals surface area (Å²) in [6.07, 6.45) is 4.91. The molecule has 3 heteroatoms. The zero-order valence-electron chi connectivity index (χ0n) is 13.4. The Kier molecular flexibility index (Phi) is 4.44. The molecular formula is C19H24N2O. The van der Waals surface area contributed by atoms with Gasteiger partial charge in [-0.2, -0.15) is 0 Å². The van der Waals surface area contributed by atoms with Crippen molar-refractivity contribution in [1.82, 2.24) is 10.3 Å². The third-order valence-corrected chi connectivity index (χ3v) is 4.35. The van der Waals surface area contributed by atoms with Crippen molar-refractivity contribution >= 4 is 0 Å². The average molecular weight is 296 g/mol. The van der Waals surface area contributed by atoms with Crippen LogP contribution in [0.5, 0.6) is 0 Å². The van der Waals surface area contributed by atoms with Gasteiger partial charge in [0.25, 0.3) is 5.56 Å². The van der Waals surface area contributed by atoms with Gasteiger partial charge in [0, 0.05) is 23.8 Å². The van der Waals surface area contributed by atoms with Crippen LogP contribution in [-0.4, -0.2) is 11.0 Å². The third kappa shape index (κ3) is 3.30. The van der Waals surface area contributed by atoms with Gasteiger partial charge in [-0.1, -0.05) is 32.0 Å². The fraction of sp³-hybridized carbons (Fsp3) is 0.421. The molecular weight excluding hydrogens is 272 g/mol. The summed E-state index contributed by atoms with van der Waals surface area (Å²) >= 11 is 0. The van der Waals surface area contributed by atoms with Crippen LogP contribution in [0, 0.1) is 0 Å². The van der Waals surface area contributed by atoms with Gasteiger partial charge in [-0.05, 0) is 54.5 Å². The number of aryl methyl sites for hydroxylation is 2. The molecule has 0 saturated carbocycles. The van der Waals surface area contributed by atoms with Gasteiger partial charge >= 0.3 is 0 Å². The minimum absolute atomic E-state index is 0.00312. The van der Waals surface area contributed by atoms with E-state index >= 15 is 0 Å². The van der Waals surface area contributed by atoms with Gasteiger partial charge < -0.3 is 10.3 Å². The second-order valence-electron chi connectivity index (χ2n) is 6.45. The standard InChI is InChI=1S/C19H24N2O/c1-13(2)20-12-17-9-10-18(21-19(17)22)16-8-7-14-5-3-4-6-15(14)11-16/h7-11,13,20H,3-6,12H2,1-2H3,(H,21,22). The van der Waals surface area contributed by atoms with E-state index in [0.717, 1.165) is 23.2 Å². The molecule has 1 heterocycles. The van der Waals surface area contributed by atoms with E-state index in [2.05, 4.69) is 42.3 Å². The molecule has 116 valence electrons. The lowest BCUT2D eigenvalue weighted by molar-refractivity contribution is 0.586. The second kappa shape index (κ2) is 6.49. The largest absolute Gasteiger partial charge is 0.322 e. The fourth-order valence-electron chi connectivity index (χ4n) is 3.03. The molecule has 1 aliphatic rings. The normalized spacial score (nSPS) is 14.1. The summed E-state index contributed by atoms with van der Waals surface area (Å²) in [6.45, 7) is 4.77. The van der Waals surface area contributed by atoms with Gasteiger partial charge in [0.05, 0.1) is 0 Å². The number of aromatic amines is 1. The highest BCUT2D eigenvalue weighted by atomic mass is 16.1. The summed E-state index contributed by atoms with van der Waals surface area (Å²) in [6, 6.07) is 10.9. The monoisotopic (exact) mass is 296 g/mol. The Morgan fingerprint density at radius 1 is 1.09 bits per heavy atom. The van der Waals surface area contributed by atoms with E-state index in [4.69, 9.17) is 0 Å². The first kappa shape index (κ1) is 15.0. The summed E-state index contributed by atoms with van der Waals surface area (Å²) in [5.74, 6) is 0. The predicted molar refractivity (Wildman–Crippen MR) is 91.1 cm³/mol. The van der Waals surface area contributed by atoms with Crippen molar-refractivity contribution in [3.63, 3.8) is 0 Å². The van der Waals surface area contributed by atoms with Crippen LogP contribution < -0.4 is 10.9 Å². The fourth-order valence-corrected chi connectivity index (χ4v) is 3.03. The summed E-state index contributed by atoms with van der Waals surface area (Å²) in [4.78, 5) is 15.2. The van der Waals surface area contributed by atoms with Crippen molar-refractivity contribution in [2.45, 2.75) is 52.1 Å². The van der Waals surface area contributed by atoms with Crippen LogP contribution in [0.1, 0.15) is 43.4 Å². The van der Waals surface area contributed by atoms with Crippen molar-refractivity contribution in [2.75, 3.05) is 0 Å². The number of H-pyrrole nitrogens is 1. The molecule has 1 aromatic heterocycles. The molecule has 0 atom stereocenters. The van der Waals surface area contributed by atoms with Crippen molar-refractivity contribution in [3.8, 4) is 11.3 Å². The van der Waals surface area contributed by atoms with Gasteiger partial charge in [-0.15, -0.1) is 0 Å². The highest BCUT2D eigenvalue weighted by Crippen LogP contribution is 2.26. The maximum absolute atomic E-state index is 12.2. The zero-order chi connectivity index (χ0) is 15.5. The second-order valence-corrected chi connectivity index (χ2v) is 6.45. The molecule has 0 amide bonds. The number of hydrogen-bond donors (Lipinski definition) is 2. The van der Waals surface area contributed by atoms with Crippen molar-refractivity contribution in [1.29, 1.82) is 0 Å². The topological polar surface area (TPSA) is 44.9 Å². The number of pyridine rings is 1. The number of aromatic nitrogens is 1. The number of fused-ring (bicyclic) bond motifs is 1.